The number of rotatable bonds is 5. The molecule has 0 radical (unpaired) electrons. The molecule has 18 heavy (non-hydrogen) atoms. The second kappa shape index (κ2) is 6.53. The molecule has 0 aliphatic heterocycles. The van der Waals surface area contributed by atoms with E-state index in [4.69, 9.17) is 0 Å². The van der Waals surface area contributed by atoms with Crippen LogP contribution in [0.1, 0.15) is 63.3 Å². The van der Waals surface area contributed by atoms with Crippen molar-refractivity contribution in [2.24, 2.45) is 5.41 Å². The lowest BCUT2D eigenvalue weighted by atomic mass is 9.70. The molecule has 0 aromatic carbocycles. The van der Waals surface area contributed by atoms with Crippen molar-refractivity contribution in [2.75, 3.05) is 6.54 Å². The summed E-state index contributed by atoms with van der Waals surface area (Å²) >= 11 is 5.61. The molecule has 0 spiro atoms. The minimum atomic E-state index is 0.431. The summed E-state index contributed by atoms with van der Waals surface area (Å²) in [6, 6.07) is 2.71. The van der Waals surface area contributed by atoms with Gasteiger partial charge in [-0.15, -0.1) is 11.3 Å². The predicted molar refractivity (Wildman–Crippen MR) is 84.2 cm³/mol. The number of nitrogens with one attached hydrogen (secondary N) is 1. The smallest absolute Gasteiger partial charge is 0.0480 e. The van der Waals surface area contributed by atoms with Gasteiger partial charge in [-0.2, -0.15) is 0 Å². The monoisotopic (exact) mass is 329 g/mol. The highest BCUT2D eigenvalue weighted by molar-refractivity contribution is 9.10. The second-order valence-electron chi connectivity index (χ2n) is 5.73. The molecule has 1 N–H and O–H groups in total. The molecule has 1 aromatic rings. The Morgan fingerprint density at radius 2 is 2.11 bits per heavy atom. The fraction of sp³-hybridized carbons (Fsp3) is 0.733. The van der Waals surface area contributed by atoms with Gasteiger partial charge < -0.3 is 5.32 Å². The lowest BCUT2D eigenvalue weighted by Crippen LogP contribution is -2.37. The van der Waals surface area contributed by atoms with E-state index in [-0.39, 0.29) is 0 Å². The van der Waals surface area contributed by atoms with Gasteiger partial charge in [0.1, 0.15) is 0 Å². The maximum absolute atomic E-state index is 3.80. The molecule has 1 aliphatic rings. The van der Waals surface area contributed by atoms with Gasteiger partial charge in [0.05, 0.1) is 0 Å². The first-order chi connectivity index (χ1) is 8.67. The van der Waals surface area contributed by atoms with E-state index < -0.39 is 0 Å². The molecule has 1 fully saturated rings. The first kappa shape index (κ1) is 14.5. The molecule has 1 aliphatic carbocycles. The summed E-state index contributed by atoms with van der Waals surface area (Å²) in [4.78, 5) is 1.49. The third-order valence-electron chi connectivity index (χ3n) is 4.20. The standard InChI is InChI=1S/C15H24BrNS/c1-3-10-17-14(13-12(16)7-11-18-13)15(2)8-5-4-6-9-15/h7,11,14,17H,3-6,8-10H2,1-2H3. The Labute approximate surface area is 123 Å². The molecule has 3 heteroatoms. The molecule has 0 amide bonds. The molecule has 2 rings (SSSR count). The van der Waals surface area contributed by atoms with E-state index in [1.807, 2.05) is 11.3 Å². The summed E-state index contributed by atoms with van der Waals surface area (Å²) in [5.74, 6) is 0. The molecule has 1 nitrogen and oxygen atoms in total. The highest BCUT2D eigenvalue weighted by Crippen LogP contribution is 2.48. The van der Waals surface area contributed by atoms with Crippen LogP contribution in [0.3, 0.4) is 0 Å². The number of hydrogen-bond acceptors (Lipinski definition) is 2. The zero-order valence-corrected chi connectivity index (χ0v) is 13.9. The van der Waals surface area contributed by atoms with Gasteiger partial charge in [-0.05, 0) is 58.6 Å². The Balaban J connectivity index is 2.21. The van der Waals surface area contributed by atoms with Gasteiger partial charge in [-0.3, -0.25) is 0 Å². The van der Waals surface area contributed by atoms with E-state index >= 15 is 0 Å². The summed E-state index contributed by atoms with van der Waals surface area (Å²) in [5.41, 5.74) is 0.431. The fourth-order valence-corrected chi connectivity index (χ4v) is 4.96. The van der Waals surface area contributed by atoms with E-state index in [0.717, 1.165) is 6.54 Å². The van der Waals surface area contributed by atoms with Crippen LogP contribution < -0.4 is 5.32 Å². The van der Waals surface area contributed by atoms with Crippen LogP contribution in [0.4, 0.5) is 0 Å². The molecule has 1 aromatic heterocycles. The zero-order chi connectivity index (χ0) is 13.0. The molecule has 0 bridgehead atoms. The Bertz CT molecular complexity index is 368. The van der Waals surface area contributed by atoms with Crippen LogP contribution in [0.25, 0.3) is 0 Å². The summed E-state index contributed by atoms with van der Waals surface area (Å²) in [7, 11) is 0. The Morgan fingerprint density at radius 1 is 1.39 bits per heavy atom. The van der Waals surface area contributed by atoms with E-state index in [1.54, 1.807) is 0 Å². The van der Waals surface area contributed by atoms with Crippen LogP contribution in [0, 0.1) is 5.41 Å². The first-order valence-electron chi connectivity index (χ1n) is 7.13. The predicted octanol–water partition coefficient (Wildman–Crippen LogP) is 5.52. The largest absolute Gasteiger partial charge is 0.309 e. The van der Waals surface area contributed by atoms with Gasteiger partial charge in [0.25, 0.3) is 0 Å². The average Bonchev–Trinajstić information content (AvgIpc) is 2.77. The minimum absolute atomic E-state index is 0.431. The van der Waals surface area contributed by atoms with Crippen LogP contribution in [-0.4, -0.2) is 6.54 Å². The number of thiophene rings is 1. The van der Waals surface area contributed by atoms with Crippen LogP contribution in [0.2, 0.25) is 0 Å². The van der Waals surface area contributed by atoms with E-state index in [9.17, 15) is 0 Å². The van der Waals surface area contributed by atoms with Crippen LogP contribution >= 0.6 is 27.3 Å². The molecule has 102 valence electrons. The van der Waals surface area contributed by atoms with Crippen LogP contribution in [-0.2, 0) is 0 Å². The van der Waals surface area contributed by atoms with Gasteiger partial charge >= 0.3 is 0 Å². The van der Waals surface area contributed by atoms with Crippen molar-refractivity contribution in [3.63, 3.8) is 0 Å². The fourth-order valence-electron chi connectivity index (χ4n) is 3.10. The van der Waals surface area contributed by atoms with Gasteiger partial charge in [0.15, 0.2) is 0 Å². The topological polar surface area (TPSA) is 12.0 Å². The summed E-state index contributed by atoms with van der Waals surface area (Å²) in [6.45, 7) is 5.84. The van der Waals surface area contributed by atoms with Crippen molar-refractivity contribution < 1.29 is 0 Å². The third-order valence-corrected chi connectivity index (χ3v) is 6.13. The maximum Gasteiger partial charge on any atom is 0.0480 e. The highest BCUT2D eigenvalue weighted by atomic mass is 79.9. The van der Waals surface area contributed by atoms with E-state index in [1.165, 1.54) is 47.9 Å². The number of hydrogen-bond donors (Lipinski definition) is 1. The van der Waals surface area contributed by atoms with Crippen molar-refractivity contribution in [1.82, 2.24) is 5.32 Å². The van der Waals surface area contributed by atoms with Gasteiger partial charge in [0.2, 0.25) is 0 Å². The van der Waals surface area contributed by atoms with Crippen molar-refractivity contribution >= 4 is 27.3 Å². The zero-order valence-electron chi connectivity index (χ0n) is 11.5. The molecule has 1 heterocycles. The minimum Gasteiger partial charge on any atom is -0.309 e. The Kier molecular flexibility index (Phi) is 5.28. The van der Waals surface area contributed by atoms with Gasteiger partial charge in [0, 0.05) is 15.4 Å². The lowest BCUT2D eigenvalue weighted by molar-refractivity contribution is 0.146. The third kappa shape index (κ3) is 3.17. The van der Waals surface area contributed by atoms with E-state index in [0.29, 0.717) is 11.5 Å². The quantitative estimate of drug-likeness (QED) is 0.749. The molecule has 0 saturated heterocycles. The average molecular weight is 330 g/mol. The molecular weight excluding hydrogens is 306 g/mol. The Hall–Kier alpha value is 0.140. The molecule has 1 saturated carbocycles. The SMILES string of the molecule is CCCNC(c1sccc1Br)C1(C)CCCCC1. The maximum atomic E-state index is 3.80. The molecular formula is C15H24BrNS. The van der Waals surface area contributed by atoms with Crippen molar-refractivity contribution in [1.29, 1.82) is 0 Å². The molecule has 1 unspecified atom stereocenters. The second-order valence-corrected chi connectivity index (χ2v) is 7.54. The first-order valence-corrected chi connectivity index (χ1v) is 8.81. The highest BCUT2D eigenvalue weighted by Gasteiger charge is 2.37. The number of halogens is 1. The van der Waals surface area contributed by atoms with Crippen molar-refractivity contribution in [3.8, 4) is 0 Å². The van der Waals surface area contributed by atoms with Crippen molar-refractivity contribution in [3.05, 3.63) is 20.8 Å². The van der Waals surface area contributed by atoms with Crippen LogP contribution in [0.15, 0.2) is 15.9 Å². The summed E-state index contributed by atoms with van der Waals surface area (Å²) in [5, 5.41) is 6.00. The van der Waals surface area contributed by atoms with Gasteiger partial charge in [-0.1, -0.05) is 33.1 Å². The summed E-state index contributed by atoms with van der Waals surface area (Å²) in [6.07, 6.45) is 8.13. The molecule has 1 atom stereocenters. The normalized spacial score (nSPS) is 20.8. The van der Waals surface area contributed by atoms with Crippen molar-refractivity contribution in [2.45, 2.75) is 58.4 Å². The van der Waals surface area contributed by atoms with E-state index in [2.05, 4.69) is 46.5 Å². The lowest BCUT2D eigenvalue weighted by Gasteiger charge is -2.41. The Morgan fingerprint density at radius 3 is 2.67 bits per heavy atom. The van der Waals surface area contributed by atoms with Crippen LogP contribution in [0.5, 0.6) is 0 Å². The van der Waals surface area contributed by atoms with Gasteiger partial charge in [-0.25, -0.2) is 0 Å². The summed E-state index contributed by atoms with van der Waals surface area (Å²) < 4.78 is 1.29.